The molecule has 0 spiro atoms. The van der Waals surface area contributed by atoms with Crippen LogP contribution in [0.15, 0.2) is 0 Å². The fourth-order valence-electron chi connectivity index (χ4n) is 2.30. The topological polar surface area (TPSA) is 148 Å². The molecule has 9 nitrogen and oxygen atoms in total. The molecule has 0 saturated carbocycles. The van der Waals surface area contributed by atoms with E-state index in [4.69, 9.17) is 11.5 Å². The predicted octanol–water partition coefficient (Wildman–Crippen LogP) is -1.83. The third kappa shape index (κ3) is 7.84. The average molecular weight is 373 g/mol. The SMILES string of the molecule is NCCCCCNC(=O)CSC1CC(=O)N(CCNC(=O)CN)C1=O. The van der Waals surface area contributed by atoms with Crippen LogP contribution < -0.4 is 22.1 Å². The van der Waals surface area contributed by atoms with E-state index in [0.717, 1.165) is 24.2 Å². The molecule has 1 fully saturated rings. The van der Waals surface area contributed by atoms with E-state index >= 15 is 0 Å². The standard InChI is InChI=1S/C15H27N5O4S/c16-4-2-1-3-5-18-13(22)10-25-11-8-14(23)20(15(11)24)7-6-19-12(21)9-17/h11H,1-10,16-17H2,(H,18,22)(H,19,21). The van der Waals surface area contributed by atoms with E-state index < -0.39 is 5.25 Å². The van der Waals surface area contributed by atoms with Gasteiger partial charge in [0.2, 0.25) is 23.6 Å². The number of amides is 4. The van der Waals surface area contributed by atoms with Crippen molar-refractivity contribution in [2.24, 2.45) is 11.5 Å². The summed E-state index contributed by atoms with van der Waals surface area (Å²) in [4.78, 5) is 48.0. The van der Waals surface area contributed by atoms with Crippen molar-refractivity contribution in [3.8, 4) is 0 Å². The van der Waals surface area contributed by atoms with Crippen molar-refractivity contribution in [1.82, 2.24) is 15.5 Å². The van der Waals surface area contributed by atoms with Gasteiger partial charge < -0.3 is 22.1 Å². The van der Waals surface area contributed by atoms with E-state index in [2.05, 4.69) is 10.6 Å². The minimum Gasteiger partial charge on any atom is -0.355 e. The first kappa shape index (κ1) is 21.4. The Balaban J connectivity index is 2.26. The molecule has 25 heavy (non-hydrogen) atoms. The normalized spacial score (nSPS) is 17.0. The molecule has 1 aliphatic heterocycles. The molecule has 0 bridgehead atoms. The minimum absolute atomic E-state index is 0.0815. The van der Waals surface area contributed by atoms with Crippen LogP contribution in [0.4, 0.5) is 0 Å². The molecule has 0 aromatic carbocycles. The smallest absolute Gasteiger partial charge is 0.242 e. The molecular weight excluding hydrogens is 346 g/mol. The second kappa shape index (κ2) is 11.8. The first-order valence-electron chi connectivity index (χ1n) is 8.39. The van der Waals surface area contributed by atoms with Crippen molar-refractivity contribution in [2.45, 2.75) is 30.9 Å². The molecular formula is C15H27N5O4S. The van der Waals surface area contributed by atoms with E-state index in [1.807, 2.05) is 0 Å². The Morgan fingerprint density at radius 1 is 1.08 bits per heavy atom. The van der Waals surface area contributed by atoms with Gasteiger partial charge in [-0.05, 0) is 19.4 Å². The van der Waals surface area contributed by atoms with Gasteiger partial charge >= 0.3 is 0 Å². The number of carbonyl (C=O) groups is 4. The van der Waals surface area contributed by atoms with Crippen LogP contribution in [0.1, 0.15) is 25.7 Å². The van der Waals surface area contributed by atoms with Crippen molar-refractivity contribution in [3.63, 3.8) is 0 Å². The Hall–Kier alpha value is -1.65. The first-order valence-corrected chi connectivity index (χ1v) is 9.43. The molecule has 10 heteroatoms. The summed E-state index contributed by atoms with van der Waals surface area (Å²) in [5.74, 6) is -0.947. The molecule has 1 atom stereocenters. The number of carbonyl (C=O) groups excluding carboxylic acids is 4. The van der Waals surface area contributed by atoms with E-state index in [1.165, 1.54) is 11.8 Å². The molecule has 0 radical (unpaired) electrons. The highest BCUT2D eigenvalue weighted by Gasteiger charge is 2.38. The highest BCUT2D eigenvalue weighted by Crippen LogP contribution is 2.24. The molecule has 0 aromatic heterocycles. The van der Waals surface area contributed by atoms with Crippen LogP contribution >= 0.6 is 11.8 Å². The number of nitrogens with two attached hydrogens (primary N) is 2. The lowest BCUT2D eigenvalue weighted by atomic mass is 10.2. The van der Waals surface area contributed by atoms with Gasteiger partial charge in [-0.1, -0.05) is 6.42 Å². The molecule has 1 unspecified atom stereocenters. The maximum atomic E-state index is 12.2. The number of hydrogen-bond acceptors (Lipinski definition) is 7. The van der Waals surface area contributed by atoms with Crippen molar-refractivity contribution < 1.29 is 19.2 Å². The summed E-state index contributed by atoms with van der Waals surface area (Å²) in [5.41, 5.74) is 10.6. The maximum absolute atomic E-state index is 12.2. The lowest BCUT2D eigenvalue weighted by Gasteiger charge is -2.15. The van der Waals surface area contributed by atoms with Crippen LogP contribution in [0, 0.1) is 0 Å². The maximum Gasteiger partial charge on any atom is 0.242 e. The van der Waals surface area contributed by atoms with Gasteiger partial charge in [-0.3, -0.25) is 24.1 Å². The number of nitrogens with zero attached hydrogens (tertiary/aromatic N) is 1. The van der Waals surface area contributed by atoms with Gasteiger partial charge in [0.05, 0.1) is 17.5 Å². The van der Waals surface area contributed by atoms with Crippen molar-refractivity contribution in [3.05, 3.63) is 0 Å². The van der Waals surface area contributed by atoms with Crippen LogP contribution in [0.25, 0.3) is 0 Å². The lowest BCUT2D eigenvalue weighted by molar-refractivity contribution is -0.138. The number of likely N-dealkylation sites (tertiary alicyclic amines) is 1. The van der Waals surface area contributed by atoms with Crippen molar-refractivity contribution in [1.29, 1.82) is 0 Å². The average Bonchev–Trinajstić information content (AvgIpc) is 2.87. The summed E-state index contributed by atoms with van der Waals surface area (Å²) in [5, 5.41) is 4.76. The second-order valence-electron chi connectivity index (χ2n) is 5.64. The Morgan fingerprint density at radius 3 is 2.48 bits per heavy atom. The number of thioether (sulfide) groups is 1. The lowest BCUT2D eigenvalue weighted by Crippen LogP contribution is -2.40. The predicted molar refractivity (Wildman–Crippen MR) is 95.6 cm³/mol. The van der Waals surface area contributed by atoms with Gasteiger partial charge in [-0.2, -0.15) is 0 Å². The van der Waals surface area contributed by atoms with Crippen molar-refractivity contribution >= 4 is 35.4 Å². The summed E-state index contributed by atoms with van der Waals surface area (Å²) in [6.07, 6.45) is 2.86. The van der Waals surface area contributed by atoms with E-state index in [1.54, 1.807) is 0 Å². The zero-order valence-corrected chi connectivity index (χ0v) is 15.1. The molecule has 1 heterocycles. The number of nitrogens with one attached hydrogen (secondary N) is 2. The summed E-state index contributed by atoms with van der Waals surface area (Å²) < 4.78 is 0. The number of imide groups is 1. The van der Waals surface area contributed by atoms with Gasteiger partial charge in [-0.15, -0.1) is 11.8 Å². The summed E-state index contributed by atoms with van der Waals surface area (Å²) >= 11 is 1.17. The quantitative estimate of drug-likeness (QED) is 0.232. The molecule has 0 aliphatic carbocycles. The summed E-state index contributed by atoms with van der Waals surface area (Å²) in [7, 11) is 0. The molecule has 1 saturated heterocycles. The largest absolute Gasteiger partial charge is 0.355 e. The van der Waals surface area contributed by atoms with Gasteiger partial charge in [-0.25, -0.2) is 0 Å². The fourth-order valence-corrected chi connectivity index (χ4v) is 3.28. The Bertz CT molecular complexity index is 489. The van der Waals surface area contributed by atoms with Crippen molar-refractivity contribution in [2.75, 3.05) is 38.5 Å². The third-order valence-corrected chi connectivity index (χ3v) is 4.86. The van der Waals surface area contributed by atoms with Gasteiger partial charge in [0.25, 0.3) is 0 Å². The van der Waals surface area contributed by atoms with E-state index in [9.17, 15) is 19.2 Å². The van der Waals surface area contributed by atoms with E-state index in [-0.39, 0.29) is 55.4 Å². The highest BCUT2D eigenvalue weighted by atomic mass is 32.2. The molecule has 142 valence electrons. The number of rotatable bonds is 12. The third-order valence-electron chi connectivity index (χ3n) is 3.66. The summed E-state index contributed by atoms with van der Waals surface area (Å²) in [6.45, 7) is 1.39. The minimum atomic E-state index is -0.541. The van der Waals surface area contributed by atoms with Gasteiger partial charge in [0.1, 0.15) is 0 Å². The van der Waals surface area contributed by atoms with Crippen LogP contribution in [0.5, 0.6) is 0 Å². The van der Waals surface area contributed by atoms with Gasteiger partial charge in [0, 0.05) is 26.1 Å². The second-order valence-corrected chi connectivity index (χ2v) is 6.83. The molecule has 4 amide bonds. The number of hydrogen-bond donors (Lipinski definition) is 4. The molecule has 0 aromatic rings. The number of unbranched alkanes of at least 4 members (excludes halogenated alkanes) is 2. The summed E-state index contributed by atoms with van der Waals surface area (Å²) in [6, 6.07) is 0. The highest BCUT2D eigenvalue weighted by molar-refractivity contribution is 8.01. The molecule has 1 aliphatic rings. The zero-order chi connectivity index (χ0) is 18.7. The molecule has 6 N–H and O–H groups in total. The van der Waals surface area contributed by atoms with Gasteiger partial charge in [0.15, 0.2) is 0 Å². The fraction of sp³-hybridized carbons (Fsp3) is 0.733. The van der Waals surface area contributed by atoms with Crippen LogP contribution in [-0.2, 0) is 19.2 Å². The van der Waals surface area contributed by atoms with Crippen LogP contribution in [0.3, 0.4) is 0 Å². The zero-order valence-electron chi connectivity index (χ0n) is 14.3. The van der Waals surface area contributed by atoms with Crippen LogP contribution in [0.2, 0.25) is 0 Å². The monoisotopic (exact) mass is 373 g/mol. The Labute approximate surface area is 151 Å². The van der Waals surface area contributed by atoms with Crippen LogP contribution in [-0.4, -0.2) is 72.3 Å². The first-order chi connectivity index (χ1) is 12.0. The van der Waals surface area contributed by atoms with E-state index in [0.29, 0.717) is 13.1 Å². The Kier molecular flexibility index (Phi) is 10.1. The Morgan fingerprint density at radius 2 is 1.80 bits per heavy atom. The molecule has 1 rings (SSSR count).